The molecule has 1 aliphatic heterocycles. The van der Waals surface area contributed by atoms with E-state index in [1.807, 2.05) is 25.8 Å². The molecule has 0 unspecified atom stereocenters. The quantitative estimate of drug-likeness (QED) is 0.274. The Hall–Kier alpha value is -3.35. The van der Waals surface area contributed by atoms with Gasteiger partial charge in [-0.05, 0) is 88.9 Å². The minimum Gasteiger partial charge on any atom is -0.490 e. The molecule has 0 bridgehead atoms. The Labute approximate surface area is 288 Å². The van der Waals surface area contributed by atoms with E-state index >= 15 is 0 Å². The van der Waals surface area contributed by atoms with Crippen molar-refractivity contribution in [3.05, 3.63) is 59.2 Å². The molecule has 4 atom stereocenters. The number of aliphatic hydroxyl groups is 1. The molecule has 3 amide bonds. The van der Waals surface area contributed by atoms with E-state index in [1.165, 1.54) is 18.6 Å². The molecule has 3 N–H and O–H groups in total. The van der Waals surface area contributed by atoms with Crippen LogP contribution < -0.4 is 15.4 Å². The summed E-state index contributed by atoms with van der Waals surface area (Å²) >= 11 is 0. The first kappa shape index (κ1) is 38.5. The molecule has 9 nitrogen and oxygen atoms in total. The molecule has 1 heterocycles. The second-order valence-electron chi connectivity index (χ2n) is 13.8. The lowest BCUT2D eigenvalue weighted by atomic mass is 9.96. The van der Waals surface area contributed by atoms with Crippen molar-refractivity contribution >= 4 is 17.6 Å². The molecule has 0 saturated heterocycles. The number of likely N-dealkylation sites (N-methyl/N-ethyl adjacent to an activating group) is 1. The average molecular weight is 691 g/mol. The van der Waals surface area contributed by atoms with Gasteiger partial charge in [-0.3, -0.25) is 9.69 Å². The van der Waals surface area contributed by atoms with Gasteiger partial charge < -0.3 is 30.1 Å². The average Bonchev–Trinajstić information content (AvgIpc) is 3.06. The van der Waals surface area contributed by atoms with Crippen LogP contribution in [0.25, 0.3) is 0 Å². The number of urea groups is 1. The number of hydrogen-bond donors (Lipinski definition) is 3. The lowest BCUT2D eigenvalue weighted by Crippen LogP contribution is -2.47. The summed E-state index contributed by atoms with van der Waals surface area (Å²) in [5.41, 5.74) is 0.825. The third-order valence-electron chi connectivity index (χ3n) is 9.48. The largest absolute Gasteiger partial charge is 0.490 e. The van der Waals surface area contributed by atoms with Crippen molar-refractivity contribution in [1.82, 2.24) is 15.1 Å². The van der Waals surface area contributed by atoms with Crippen LogP contribution in [0.3, 0.4) is 0 Å². The van der Waals surface area contributed by atoms with Crippen LogP contribution in [-0.4, -0.2) is 84.5 Å². The first-order chi connectivity index (χ1) is 23.3. The third-order valence-corrected chi connectivity index (χ3v) is 9.48. The molecule has 12 heteroatoms. The van der Waals surface area contributed by atoms with Crippen molar-refractivity contribution in [1.29, 1.82) is 0 Å². The number of aliphatic hydroxyl groups excluding tert-OH is 1. The van der Waals surface area contributed by atoms with E-state index in [0.717, 1.165) is 62.6 Å². The number of carbonyl (C=O) groups is 2. The zero-order valence-corrected chi connectivity index (χ0v) is 29.2. The summed E-state index contributed by atoms with van der Waals surface area (Å²) in [5.74, 6) is -0.0812. The second kappa shape index (κ2) is 18.1. The van der Waals surface area contributed by atoms with Crippen molar-refractivity contribution in [3.8, 4) is 5.75 Å². The van der Waals surface area contributed by atoms with Gasteiger partial charge in [-0.1, -0.05) is 38.3 Å². The Morgan fingerprint density at radius 3 is 2.41 bits per heavy atom. The van der Waals surface area contributed by atoms with Crippen molar-refractivity contribution in [2.75, 3.05) is 38.7 Å². The summed E-state index contributed by atoms with van der Waals surface area (Å²) in [6.07, 6.45) is 2.78. The maximum Gasteiger partial charge on any atom is 0.416 e. The molecule has 272 valence electrons. The molecule has 0 spiro atoms. The number of ether oxygens (including phenoxy) is 2. The summed E-state index contributed by atoms with van der Waals surface area (Å²) in [7, 11) is 1.90. The highest BCUT2D eigenvalue weighted by Gasteiger charge is 2.32. The Bertz CT molecular complexity index is 1350. The molecule has 0 radical (unpaired) electrons. The van der Waals surface area contributed by atoms with E-state index < -0.39 is 17.8 Å². The molecule has 0 aromatic heterocycles. The molecule has 1 fully saturated rings. The van der Waals surface area contributed by atoms with Crippen LogP contribution in [-0.2, 0) is 17.5 Å². The maximum absolute atomic E-state index is 14.4. The molecule has 1 aliphatic carbocycles. The molecule has 2 aromatic carbocycles. The van der Waals surface area contributed by atoms with Crippen molar-refractivity contribution in [3.63, 3.8) is 0 Å². The predicted octanol–water partition coefficient (Wildman–Crippen LogP) is 7.09. The van der Waals surface area contributed by atoms with Gasteiger partial charge in [-0.2, -0.15) is 13.2 Å². The van der Waals surface area contributed by atoms with Gasteiger partial charge >= 0.3 is 12.2 Å². The van der Waals surface area contributed by atoms with E-state index in [-0.39, 0.29) is 49.3 Å². The number of nitrogens with zero attached hydrogens (tertiary/aromatic N) is 2. The van der Waals surface area contributed by atoms with Crippen LogP contribution in [0.4, 0.5) is 23.7 Å². The van der Waals surface area contributed by atoms with E-state index in [1.54, 1.807) is 30.0 Å². The fourth-order valence-electron chi connectivity index (χ4n) is 6.54. The Morgan fingerprint density at radius 1 is 1.04 bits per heavy atom. The summed E-state index contributed by atoms with van der Waals surface area (Å²) in [4.78, 5) is 30.9. The number of hydrogen-bond acceptors (Lipinski definition) is 6. The fourth-order valence-corrected chi connectivity index (χ4v) is 6.54. The van der Waals surface area contributed by atoms with Gasteiger partial charge in [-0.25, -0.2) is 4.79 Å². The van der Waals surface area contributed by atoms with Crippen molar-refractivity contribution in [2.45, 2.75) is 109 Å². The molecule has 1 saturated carbocycles. The maximum atomic E-state index is 14.4. The fraction of sp³-hybridized carbons (Fsp3) is 0.622. The summed E-state index contributed by atoms with van der Waals surface area (Å²) in [6.45, 7) is 7.17. The van der Waals surface area contributed by atoms with Crippen LogP contribution in [0.15, 0.2) is 42.5 Å². The normalized spacial score (nSPS) is 22.5. The first-order valence-corrected chi connectivity index (χ1v) is 17.6. The minimum absolute atomic E-state index is 0.128. The molecule has 49 heavy (non-hydrogen) atoms. The first-order valence-electron chi connectivity index (χ1n) is 17.6. The number of rotatable bonds is 8. The topological polar surface area (TPSA) is 103 Å². The SMILES string of the molecule is C[C@@H]1CCCCO[C@H](CN(C)Cc2ccc(C(F)(F)F)cc2)[C@H](C)CN([C@H](C)CO)C(=O)c2cc(NC(=O)NC3CCCCC3)ccc2O1. The van der Waals surface area contributed by atoms with Crippen LogP contribution in [0.1, 0.15) is 93.6 Å². The minimum atomic E-state index is -4.39. The highest BCUT2D eigenvalue weighted by Crippen LogP contribution is 2.30. The Balaban J connectivity index is 1.54. The van der Waals surface area contributed by atoms with Crippen LogP contribution in [0.2, 0.25) is 0 Å². The zero-order chi connectivity index (χ0) is 35.6. The van der Waals surface area contributed by atoms with E-state index in [0.29, 0.717) is 36.7 Å². The van der Waals surface area contributed by atoms with Crippen LogP contribution in [0.5, 0.6) is 5.75 Å². The van der Waals surface area contributed by atoms with Gasteiger partial charge in [0.05, 0.1) is 36.0 Å². The summed E-state index contributed by atoms with van der Waals surface area (Å²) < 4.78 is 51.9. The van der Waals surface area contributed by atoms with Crippen molar-refractivity contribution < 1.29 is 37.3 Å². The van der Waals surface area contributed by atoms with Crippen LogP contribution in [0, 0.1) is 5.92 Å². The van der Waals surface area contributed by atoms with Gasteiger partial charge in [0.25, 0.3) is 5.91 Å². The number of anilines is 1. The monoisotopic (exact) mass is 690 g/mol. The number of carbonyl (C=O) groups excluding carboxylic acids is 2. The standard InChI is InChI=1S/C37H53F3N4O5/c1-25-21-44(26(2)24-45)35(46)32-20-31(42-36(47)41-30-11-6-5-7-12-30)17-18-33(32)49-27(3)10-8-9-19-48-34(25)23-43(4)22-28-13-15-29(16-14-28)37(38,39)40/h13-18,20,25-27,30,34,45H,5-12,19,21-24H2,1-4H3,(H2,41,42,47)/t25-,26-,27-,34-/m1/s1. The van der Waals surface area contributed by atoms with Crippen LogP contribution >= 0.6 is 0 Å². The van der Waals surface area contributed by atoms with Gasteiger partial charge in [0, 0.05) is 43.9 Å². The number of halogens is 3. The third kappa shape index (κ3) is 11.6. The molecule has 2 aromatic rings. The zero-order valence-electron chi connectivity index (χ0n) is 29.2. The van der Waals surface area contributed by atoms with Gasteiger partial charge in [0.15, 0.2) is 0 Å². The number of fused-ring (bicyclic) bond motifs is 1. The highest BCUT2D eigenvalue weighted by molar-refractivity contribution is 5.99. The van der Waals surface area contributed by atoms with E-state index in [4.69, 9.17) is 9.47 Å². The van der Waals surface area contributed by atoms with Crippen molar-refractivity contribution in [2.24, 2.45) is 5.92 Å². The molecule has 2 aliphatic rings. The van der Waals surface area contributed by atoms with E-state index in [9.17, 15) is 27.9 Å². The summed E-state index contributed by atoms with van der Waals surface area (Å²) in [6, 6.07) is 9.56. The molecular formula is C37H53F3N4O5. The van der Waals surface area contributed by atoms with Gasteiger partial charge in [-0.15, -0.1) is 0 Å². The highest BCUT2D eigenvalue weighted by atomic mass is 19.4. The lowest BCUT2D eigenvalue weighted by Gasteiger charge is -2.36. The predicted molar refractivity (Wildman–Crippen MR) is 184 cm³/mol. The number of benzene rings is 2. The molecule has 4 rings (SSSR count). The second-order valence-corrected chi connectivity index (χ2v) is 13.8. The Kier molecular flexibility index (Phi) is 14.2. The van der Waals surface area contributed by atoms with E-state index in [2.05, 4.69) is 10.6 Å². The number of amides is 3. The number of alkyl halides is 3. The number of nitrogens with one attached hydrogen (secondary N) is 2. The smallest absolute Gasteiger partial charge is 0.416 e. The lowest BCUT2D eigenvalue weighted by molar-refractivity contribution is -0.137. The van der Waals surface area contributed by atoms with Gasteiger partial charge in [0.2, 0.25) is 0 Å². The van der Waals surface area contributed by atoms with Gasteiger partial charge in [0.1, 0.15) is 5.75 Å². The summed E-state index contributed by atoms with van der Waals surface area (Å²) in [5, 5.41) is 16.2. The Morgan fingerprint density at radius 2 is 1.73 bits per heavy atom. The molecular weight excluding hydrogens is 637 g/mol.